The van der Waals surface area contributed by atoms with Crippen molar-refractivity contribution in [2.24, 2.45) is 0 Å². The highest BCUT2D eigenvalue weighted by molar-refractivity contribution is 6.01. The van der Waals surface area contributed by atoms with Crippen LogP contribution in [0.3, 0.4) is 0 Å². The molecule has 0 bridgehead atoms. The third-order valence-corrected chi connectivity index (χ3v) is 6.00. The largest absolute Gasteiger partial charge is 0.384 e. The Morgan fingerprint density at radius 3 is 2.39 bits per heavy atom. The number of hydrogen-bond acceptors (Lipinski definition) is 6. The molecular formula is C23H30FN5O4. The molecule has 178 valence electrons. The number of aromatic nitrogens is 2. The molecule has 9 nitrogen and oxygen atoms in total. The van der Waals surface area contributed by atoms with Gasteiger partial charge in [-0.15, -0.1) is 0 Å². The Labute approximate surface area is 191 Å². The van der Waals surface area contributed by atoms with Crippen LogP contribution in [-0.2, 0) is 17.9 Å². The molecule has 3 rings (SSSR count). The number of anilines is 1. The fourth-order valence-corrected chi connectivity index (χ4v) is 4.20. The van der Waals surface area contributed by atoms with Crippen molar-refractivity contribution in [2.45, 2.75) is 45.3 Å². The molecule has 1 saturated heterocycles. The molecule has 1 aliphatic rings. The summed E-state index contributed by atoms with van der Waals surface area (Å²) in [4.78, 5) is 55.1. The third kappa shape index (κ3) is 5.05. The summed E-state index contributed by atoms with van der Waals surface area (Å²) in [6, 6.07) is 5.09. The van der Waals surface area contributed by atoms with E-state index in [0.29, 0.717) is 18.5 Å². The summed E-state index contributed by atoms with van der Waals surface area (Å²) in [5.74, 6) is -1.28. The molecule has 33 heavy (non-hydrogen) atoms. The molecule has 0 unspecified atom stereocenters. The molecule has 1 amide bonds. The quantitative estimate of drug-likeness (QED) is 0.617. The van der Waals surface area contributed by atoms with Gasteiger partial charge in [0, 0.05) is 20.6 Å². The number of halogens is 1. The smallest absolute Gasteiger partial charge is 0.332 e. The number of benzene rings is 1. The van der Waals surface area contributed by atoms with Crippen molar-refractivity contribution >= 4 is 17.5 Å². The van der Waals surface area contributed by atoms with Crippen LogP contribution in [0.25, 0.3) is 0 Å². The zero-order valence-corrected chi connectivity index (χ0v) is 19.2. The van der Waals surface area contributed by atoms with Gasteiger partial charge < -0.3 is 10.6 Å². The van der Waals surface area contributed by atoms with Crippen LogP contribution in [0.2, 0.25) is 0 Å². The van der Waals surface area contributed by atoms with Crippen LogP contribution in [0, 0.1) is 5.82 Å². The lowest BCUT2D eigenvalue weighted by atomic mass is 10.00. The van der Waals surface area contributed by atoms with E-state index in [1.165, 1.54) is 29.2 Å². The van der Waals surface area contributed by atoms with Crippen molar-refractivity contribution in [3.63, 3.8) is 0 Å². The number of nitrogen functional groups attached to an aromatic ring is 1. The van der Waals surface area contributed by atoms with Crippen molar-refractivity contribution in [3.05, 3.63) is 62.0 Å². The maximum Gasteiger partial charge on any atom is 0.332 e. The number of nitrogens with two attached hydrogens (primary N) is 1. The van der Waals surface area contributed by atoms with Gasteiger partial charge in [0.25, 0.3) is 5.56 Å². The van der Waals surface area contributed by atoms with Gasteiger partial charge in [-0.25, -0.2) is 9.18 Å². The molecule has 2 N–H and O–H groups in total. The number of amides is 1. The van der Waals surface area contributed by atoms with Crippen LogP contribution in [0.15, 0.2) is 33.9 Å². The van der Waals surface area contributed by atoms with Crippen LogP contribution < -0.4 is 17.0 Å². The second-order valence-corrected chi connectivity index (χ2v) is 8.44. The number of piperidine rings is 1. The van der Waals surface area contributed by atoms with Crippen LogP contribution in [0.1, 0.15) is 42.1 Å². The van der Waals surface area contributed by atoms with Crippen molar-refractivity contribution in [1.29, 1.82) is 0 Å². The van der Waals surface area contributed by atoms with Crippen LogP contribution in [0.4, 0.5) is 10.2 Å². The minimum Gasteiger partial charge on any atom is -0.384 e. The molecule has 1 aliphatic heterocycles. The normalized spacial score (nSPS) is 16.5. The molecule has 2 heterocycles. The highest BCUT2D eigenvalue weighted by atomic mass is 19.1. The van der Waals surface area contributed by atoms with Crippen molar-refractivity contribution < 1.29 is 14.0 Å². The van der Waals surface area contributed by atoms with E-state index < -0.39 is 28.9 Å². The second kappa shape index (κ2) is 10.1. The maximum atomic E-state index is 13.3. The van der Waals surface area contributed by atoms with E-state index in [-0.39, 0.29) is 36.9 Å². The number of likely N-dealkylation sites (N-methyl/N-ethyl adjacent to an activating group) is 1. The van der Waals surface area contributed by atoms with Gasteiger partial charge in [-0.3, -0.25) is 28.4 Å². The highest BCUT2D eigenvalue weighted by Gasteiger charge is 2.32. The van der Waals surface area contributed by atoms with Gasteiger partial charge in [-0.05, 0) is 44.0 Å². The van der Waals surface area contributed by atoms with Crippen LogP contribution in [-0.4, -0.2) is 63.9 Å². The summed E-state index contributed by atoms with van der Waals surface area (Å²) in [6.07, 6.45) is 2.34. The van der Waals surface area contributed by atoms with Crippen molar-refractivity contribution in [2.75, 3.05) is 32.9 Å². The van der Waals surface area contributed by atoms with E-state index in [9.17, 15) is 23.6 Å². The fraction of sp³-hybridized carbons (Fsp3) is 0.478. The Balaban J connectivity index is 2.00. The number of hydrogen-bond donors (Lipinski definition) is 1. The number of Topliss-reactive ketones (excluding diaryl/α,β-unsaturated/α-hetero) is 1. The SMILES string of the molecule is CCn1c(=O)c(C(=O)CN2CCCC[C@@H]2C(=O)N(C)C)c(N)n(Cc2ccc(F)cc2)c1=O. The minimum absolute atomic E-state index is 0.0169. The summed E-state index contributed by atoms with van der Waals surface area (Å²) >= 11 is 0. The van der Waals surface area contributed by atoms with E-state index in [1.807, 2.05) is 0 Å². The number of carbonyl (C=O) groups is 2. The molecule has 0 radical (unpaired) electrons. The van der Waals surface area contributed by atoms with Gasteiger partial charge in [0.15, 0.2) is 5.78 Å². The zero-order valence-electron chi connectivity index (χ0n) is 19.2. The predicted octanol–water partition coefficient (Wildman–Crippen LogP) is 0.925. The average molecular weight is 460 g/mol. The first-order valence-corrected chi connectivity index (χ1v) is 11.0. The minimum atomic E-state index is -0.743. The van der Waals surface area contributed by atoms with Gasteiger partial charge in [-0.2, -0.15) is 0 Å². The third-order valence-electron chi connectivity index (χ3n) is 6.00. The van der Waals surface area contributed by atoms with Crippen molar-refractivity contribution in [1.82, 2.24) is 18.9 Å². The molecule has 0 spiro atoms. The molecule has 1 aromatic heterocycles. The van der Waals surface area contributed by atoms with E-state index in [2.05, 4.69) is 0 Å². The van der Waals surface area contributed by atoms with Gasteiger partial charge in [0.05, 0.1) is 19.1 Å². The van der Waals surface area contributed by atoms with E-state index in [0.717, 1.165) is 22.0 Å². The summed E-state index contributed by atoms with van der Waals surface area (Å²) in [7, 11) is 3.33. The monoisotopic (exact) mass is 459 g/mol. The Morgan fingerprint density at radius 2 is 1.79 bits per heavy atom. The first-order chi connectivity index (χ1) is 15.6. The van der Waals surface area contributed by atoms with E-state index in [1.54, 1.807) is 25.9 Å². The van der Waals surface area contributed by atoms with E-state index in [4.69, 9.17) is 5.73 Å². The topological polar surface area (TPSA) is 111 Å². The molecular weight excluding hydrogens is 429 g/mol. The standard InChI is InChI=1S/C23H30FN5O4/c1-4-28-22(32)19(18(30)14-27-12-6-5-7-17(27)21(31)26(2)3)20(25)29(23(28)33)13-15-8-10-16(24)11-9-15/h8-11,17H,4-7,12-14,25H2,1-3H3/t17-/m1/s1. The first-order valence-electron chi connectivity index (χ1n) is 11.0. The lowest BCUT2D eigenvalue weighted by Crippen LogP contribution is -2.51. The predicted molar refractivity (Wildman–Crippen MR) is 123 cm³/mol. The Bertz CT molecular complexity index is 1150. The number of ketones is 1. The summed E-state index contributed by atoms with van der Waals surface area (Å²) in [5.41, 5.74) is 5.15. The number of rotatable bonds is 7. The molecule has 1 aromatic carbocycles. The summed E-state index contributed by atoms with van der Waals surface area (Å²) in [5, 5.41) is 0. The van der Waals surface area contributed by atoms with Crippen LogP contribution >= 0.6 is 0 Å². The summed E-state index contributed by atoms with van der Waals surface area (Å²) in [6.45, 7) is 2.07. The molecule has 1 fully saturated rings. The summed E-state index contributed by atoms with van der Waals surface area (Å²) < 4.78 is 15.4. The fourth-order valence-electron chi connectivity index (χ4n) is 4.20. The molecule has 10 heteroatoms. The zero-order chi connectivity index (χ0) is 24.3. The van der Waals surface area contributed by atoms with Gasteiger partial charge in [-0.1, -0.05) is 18.6 Å². The number of carbonyl (C=O) groups excluding carboxylic acids is 2. The van der Waals surface area contributed by atoms with Gasteiger partial charge in [0.1, 0.15) is 17.2 Å². The molecule has 0 saturated carbocycles. The molecule has 0 aliphatic carbocycles. The van der Waals surface area contributed by atoms with Gasteiger partial charge in [0.2, 0.25) is 5.91 Å². The molecule has 2 aromatic rings. The Morgan fingerprint density at radius 1 is 1.12 bits per heavy atom. The lowest BCUT2D eigenvalue weighted by molar-refractivity contribution is -0.135. The lowest BCUT2D eigenvalue weighted by Gasteiger charge is -2.35. The first kappa shape index (κ1) is 24.4. The second-order valence-electron chi connectivity index (χ2n) is 8.44. The molecule has 1 atom stereocenters. The Kier molecular flexibility index (Phi) is 7.47. The number of likely N-dealkylation sites (tertiary alicyclic amines) is 1. The van der Waals surface area contributed by atoms with Crippen molar-refractivity contribution in [3.8, 4) is 0 Å². The van der Waals surface area contributed by atoms with Gasteiger partial charge >= 0.3 is 5.69 Å². The Hall–Kier alpha value is -3.27. The highest BCUT2D eigenvalue weighted by Crippen LogP contribution is 2.20. The average Bonchev–Trinajstić information content (AvgIpc) is 2.78. The maximum absolute atomic E-state index is 13.3. The van der Waals surface area contributed by atoms with Crippen LogP contribution in [0.5, 0.6) is 0 Å². The number of nitrogens with zero attached hydrogens (tertiary/aromatic N) is 4. The van der Waals surface area contributed by atoms with E-state index >= 15 is 0 Å².